The Hall–Kier alpha value is -3.09. The lowest BCUT2D eigenvalue weighted by molar-refractivity contribution is -0.0127. The van der Waals surface area contributed by atoms with Crippen LogP contribution in [0.4, 0.5) is 0 Å². The Morgan fingerprint density at radius 2 is 1.87 bits per heavy atom. The monoisotopic (exact) mass is 413 g/mol. The highest BCUT2D eigenvalue weighted by molar-refractivity contribution is 5.79. The van der Waals surface area contributed by atoms with E-state index in [2.05, 4.69) is 33.1 Å². The number of aryl methyl sites for hydroxylation is 1. The normalized spacial score (nSPS) is 18.3. The molecular weight excluding hydrogens is 386 g/mol. The molecule has 1 aromatic carbocycles. The second kappa shape index (κ2) is 8.57. The molecule has 3 aromatic heterocycles. The van der Waals surface area contributed by atoms with Crippen LogP contribution in [0.15, 0.2) is 67.1 Å². The molecule has 1 aliphatic heterocycles. The largest absolute Gasteiger partial charge is 0.378 e. The smallest absolute Gasteiger partial charge is 0.163 e. The van der Waals surface area contributed by atoms with Crippen molar-refractivity contribution in [1.82, 2.24) is 24.5 Å². The minimum absolute atomic E-state index is 0.300. The van der Waals surface area contributed by atoms with Gasteiger partial charge in [-0.2, -0.15) is 5.10 Å². The summed E-state index contributed by atoms with van der Waals surface area (Å²) < 4.78 is 2.00. The average Bonchev–Trinajstić information content (AvgIpc) is 3.16. The molecule has 0 saturated carbocycles. The first-order valence-corrected chi connectivity index (χ1v) is 10.9. The number of pyridine rings is 1. The molecule has 4 heterocycles. The minimum atomic E-state index is -0.478. The van der Waals surface area contributed by atoms with E-state index in [1.54, 1.807) is 12.4 Å². The number of nitrogens with zero attached hydrogens (tertiary/aromatic N) is 5. The molecule has 0 bridgehead atoms. The summed E-state index contributed by atoms with van der Waals surface area (Å²) in [6.07, 6.45) is 7.79. The molecule has 4 aromatic rings. The molecule has 5 rings (SSSR count). The van der Waals surface area contributed by atoms with Gasteiger partial charge in [-0.15, -0.1) is 0 Å². The summed E-state index contributed by atoms with van der Waals surface area (Å²) in [5.41, 5.74) is 6.29. The number of fused-ring (bicyclic) bond motifs is 1. The highest BCUT2D eigenvalue weighted by atomic mass is 16.3. The van der Waals surface area contributed by atoms with Crippen LogP contribution in [0, 0.1) is 6.92 Å². The Morgan fingerprint density at radius 1 is 1.06 bits per heavy atom. The second-order valence-electron chi connectivity index (χ2n) is 8.31. The number of rotatable bonds is 5. The number of aliphatic hydroxyl groups excluding tert-OH is 1. The topological polar surface area (TPSA) is 66.5 Å². The van der Waals surface area contributed by atoms with Gasteiger partial charge in [0, 0.05) is 49.6 Å². The molecule has 2 unspecified atom stereocenters. The third kappa shape index (κ3) is 3.96. The number of likely N-dealkylation sites (tertiary alicyclic amines) is 1. The molecule has 31 heavy (non-hydrogen) atoms. The predicted octanol–water partition coefficient (Wildman–Crippen LogP) is 3.84. The van der Waals surface area contributed by atoms with Crippen molar-refractivity contribution in [2.45, 2.75) is 38.3 Å². The van der Waals surface area contributed by atoms with Gasteiger partial charge < -0.3 is 5.11 Å². The highest BCUT2D eigenvalue weighted by Crippen LogP contribution is 2.32. The van der Waals surface area contributed by atoms with Crippen molar-refractivity contribution in [3.8, 4) is 11.1 Å². The van der Waals surface area contributed by atoms with Gasteiger partial charge in [0.15, 0.2) is 5.65 Å². The summed E-state index contributed by atoms with van der Waals surface area (Å²) in [5.74, 6) is 0.300. The van der Waals surface area contributed by atoms with E-state index in [1.165, 1.54) is 0 Å². The minimum Gasteiger partial charge on any atom is -0.378 e. The molecule has 1 aliphatic rings. The molecule has 0 aliphatic carbocycles. The molecule has 1 fully saturated rings. The van der Waals surface area contributed by atoms with Crippen LogP contribution in [-0.4, -0.2) is 48.9 Å². The van der Waals surface area contributed by atoms with Gasteiger partial charge >= 0.3 is 0 Å². The lowest BCUT2D eigenvalue weighted by Gasteiger charge is -2.36. The molecule has 2 atom stereocenters. The maximum absolute atomic E-state index is 10.9. The van der Waals surface area contributed by atoms with E-state index in [-0.39, 0.29) is 0 Å². The van der Waals surface area contributed by atoms with Crippen LogP contribution in [0.2, 0.25) is 0 Å². The summed E-state index contributed by atoms with van der Waals surface area (Å²) in [7, 11) is 0. The third-order valence-corrected chi connectivity index (χ3v) is 6.25. The van der Waals surface area contributed by atoms with Gasteiger partial charge in [0.1, 0.15) is 6.23 Å². The Kier molecular flexibility index (Phi) is 5.49. The number of benzene rings is 1. The fourth-order valence-corrected chi connectivity index (χ4v) is 4.71. The Balaban J connectivity index is 1.43. The predicted molar refractivity (Wildman–Crippen MR) is 121 cm³/mol. The van der Waals surface area contributed by atoms with Crippen LogP contribution >= 0.6 is 0 Å². The summed E-state index contributed by atoms with van der Waals surface area (Å²) in [6.45, 7) is 3.76. The molecule has 0 spiro atoms. The zero-order valence-corrected chi connectivity index (χ0v) is 17.7. The fraction of sp³-hybridized carbons (Fsp3) is 0.320. The highest BCUT2D eigenvalue weighted by Gasteiger charge is 2.28. The average molecular weight is 414 g/mol. The third-order valence-electron chi connectivity index (χ3n) is 6.25. The number of aromatic nitrogens is 4. The maximum atomic E-state index is 10.9. The molecule has 6 heteroatoms. The standard InChI is InChI=1S/C25H27N5O/c1-18-24(20-9-12-26-13-10-20)25-27-14-11-22(30(25)28-18)21-8-5-15-29(17-21)23(31)16-19-6-3-2-4-7-19/h2-4,6-7,9-14,21,23,31H,5,8,15-17H2,1H3. The van der Waals surface area contributed by atoms with Crippen molar-refractivity contribution in [3.63, 3.8) is 0 Å². The van der Waals surface area contributed by atoms with Crippen LogP contribution in [0.3, 0.4) is 0 Å². The summed E-state index contributed by atoms with van der Waals surface area (Å²) >= 11 is 0. The van der Waals surface area contributed by atoms with Crippen LogP contribution < -0.4 is 0 Å². The van der Waals surface area contributed by atoms with Crippen LogP contribution in [0.25, 0.3) is 16.8 Å². The number of piperidine rings is 1. The van der Waals surface area contributed by atoms with Crippen molar-refractivity contribution in [2.75, 3.05) is 13.1 Å². The van der Waals surface area contributed by atoms with Gasteiger partial charge in [-0.1, -0.05) is 30.3 Å². The van der Waals surface area contributed by atoms with Crippen LogP contribution in [0.1, 0.15) is 35.7 Å². The molecule has 0 amide bonds. The van der Waals surface area contributed by atoms with E-state index >= 15 is 0 Å². The van der Waals surface area contributed by atoms with Gasteiger partial charge in [0.2, 0.25) is 0 Å². The van der Waals surface area contributed by atoms with Crippen LogP contribution in [-0.2, 0) is 6.42 Å². The molecule has 1 N–H and O–H groups in total. The number of hydrogen-bond acceptors (Lipinski definition) is 5. The van der Waals surface area contributed by atoms with E-state index < -0.39 is 6.23 Å². The number of aliphatic hydroxyl groups is 1. The van der Waals surface area contributed by atoms with Crippen molar-refractivity contribution >= 4 is 5.65 Å². The van der Waals surface area contributed by atoms with Crippen molar-refractivity contribution in [3.05, 3.63) is 84.1 Å². The van der Waals surface area contributed by atoms with Gasteiger partial charge in [-0.3, -0.25) is 9.88 Å². The molecule has 6 nitrogen and oxygen atoms in total. The fourth-order valence-electron chi connectivity index (χ4n) is 4.71. The van der Waals surface area contributed by atoms with E-state index in [4.69, 9.17) is 5.10 Å². The lowest BCUT2D eigenvalue weighted by Crippen LogP contribution is -2.43. The maximum Gasteiger partial charge on any atom is 0.163 e. The van der Waals surface area contributed by atoms with E-state index in [1.807, 2.05) is 48.0 Å². The zero-order chi connectivity index (χ0) is 21.2. The van der Waals surface area contributed by atoms with E-state index in [0.29, 0.717) is 12.3 Å². The Morgan fingerprint density at radius 3 is 2.68 bits per heavy atom. The number of hydrogen-bond donors (Lipinski definition) is 1. The molecule has 1 saturated heterocycles. The Labute approximate surface area is 182 Å². The van der Waals surface area contributed by atoms with Crippen molar-refractivity contribution in [1.29, 1.82) is 0 Å². The lowest BCUT2D eigenvalue weighted by atomic mass is 9.93. The van der Waals surface area contributed by atoms with Crippen molar-refractivity contribution in [2.24, 2.45) is 0 Å². The van der Waals surface area contributed by atoms with Gasteiger partial charge in [0.05, 0.1) is 11.4 Å². The Bertz CT molecular complexity index is 1160. The first kappa shape index (κ1) is 19.8. The summed E-state index contributed by atoms with van der Waals surface area (Å²) in [6, 6.07) is 16.3. The second-order valence-corrected chi connectivity index (χ2v) is 8.31. The summed E-state index contributed by atoms with van der Waals surface area (Å²) in [5, 5.41) is 15.7. The first-order valence-electron chi connectivity index (χ1n) is 10.9. The van der Waals surface area contributed by atoms with Gasteiger partial charge in [-0.05, 0) is 49.1 Å². The van der Waals surface area contributed by atoms with Gasteiger partial charge in [-0.25, -0.2) is 9.50 Å². The molecular formula is C25H27N5O. The van der Waals surface area contributed by atoms with E-state index in [9.17, 15) is 5.11 Å². The van der Waals surface area contributed by atoms with Crippen molar-refractivity contribution < 1.29 is 5.11 Å². The summed E-state index contributed by atoms with van der Waals surface area (Å²) in [4.78, 5) is 11.0. The first-order chi connectivity index (χ1) is 15.2. The van der Waals surface area contributed by atoms with Gasteiger partial charge in [0.25, 0.3) is 0 Å². The zero-order valence-electron chi connectivity index (χ0n) is 17.7. The molecule has 0 radical (unpaired) electrons. The molecule has 158 valence electrons. The SMILES string of the molecule is Cc1nn2c(C3CCCN(C(O)Cc4ccccc4)C3)ccnc2c1-c1ccncc1. The van der Waals surface area contributed by atoms with Crippen LogP contribution in [0.5, 0.6) is 0 Å². The quantitative estimate of drug-likeness (QED) is 0.538. The van der Waals surface area contributed by atoms with E-state index in [0.717, 1.165) is 59.7 Å².